The Kier molecular flexibility index (Phi) is 6.64. The van der Waals surface area contributed by atoms with E-state index in [1.165, 1.54) is 0 Å². The molecule has 27 heavy (non-hydrogen) atoms. The van der Waals surface area contributed by atoms with E-state index in [-0.39, 0.29) is 11.3 Å². The lowest BCUT2D eigenvalue weighted by molar-refractivity contribution is -0.134. The van der Waals surface area contributed by atoms with Gasteiger partial charge in [-0.3, -0.25) is 4.79 Å². The Bertz CT molecular complexity index is 640. The molecule has 1 atom stereocenters. The third-order valence-corrected chi connectivity index (χ3v) is 5.96. The molecular formula is C22H34N2O3. The van der Waals surface area contributed by atoms with Crippen LogP contribution >= 0.6 is 0 Å². The minimum atomic E-state index is 0.222. The molecule has 150 valence electrons. The topological polar surface area (TPSA) is 50.8 Å². The fourth-order valence-electron chi connectivity index (χ4n) is 4.29. The molecule has 0 radical (unpaired) electrons. The van der Waals surface area contributed by atoms with Crippen molar-refractivity contribution < 1.29 is 14.3 Å². The Labute approximate surface area is 163 Å². The molecule has 1 aromatic rings. The molecule has 2 fully saturated rings. The van der Waals surface area contributed by atoms with Gasteiger partial charge in [-0.15, -0.1) is 0 Å². The third kappa shape index (κ3) is 4.57. The van der Waals surface area contributed by atoms with Gasteiger partial charge in [0.25, 0.3) is 0 Å². The fraction of sp³-hybridized carbons (Fsp3) is 0.682. The largest absolute Gasteiger partial charge is 0.493 e. The normalized spacial score (nSPS) is 20.3. The van der Waals surface area contributed by atoms with Gasteiger partial charge in [-0.2, -0.15) is 0 Å². The highest BCUT2D eigenvalue weighted by atomic mass is 16.5. The number of amides is 1. The molecule has 1 aromatic carbocycles. The molecule has 2 aliphatic rings. The van der Waals surface area contributed by atoms with Crippen molar-refractivity contribution in [2.45, 2.75) is 52.5 Å². The molecule has 1 heterocycles. The van der Waals surface area contributed by atoms with Crippen molar-refractivity contribution >= 4 is 5.91 Å². The monoisotopic (exact) mass is 374 g/mol. The van der Waals surface area contributed by atoms with Crippen LogP contribution < -0.4 is 14.8 Å². The van der Waals surface area contributed by atoms with E-state index < -0.39 is 0 Å². The number of hydrogen-bond donors (Lipinski definition) is 1. The van der Waals surface area contributed by atoms with Gasteiger partial charge in [-0.25, -0.2) is 0 Å². The lowest BCUT2D eigenvalue weighted by Gasteiger charge is -2.27. The second-order valence-electron chi connectivity index (χ2n) is 7.96. The van der Waals surface area contributed by atoms with Gasteiger partial charge in [0, 0.05) is 19.0 Å². The Morgan fingerprint density at radius 3 is 2.67 bits per heavy atom. The quantitative estimate of drug-likeness (QED) is 0.717. The van der Waals surface area contributed by atoms with Gasteiger partial charge in [0.1, 0.15) is 0 Å². The highest BCUT2D eigenvalue weighted by molar-refractivity contribution is 5.82. The van der Waals surface area contributed by atoms with E-state index in [4.69, 9.17) is 9.47 Å². The molecule has 0 bridgehead atoms. The fourth-order valence-corrected chi connectivity index (χ4v) is 4.29. The van der Waals surface area contributed by atoms with E-state index in [1.807, 2.05) is 17.0 Å². The first kappa shape index (κ1) is 20.0. The van der Waals surface area contributed by atoms with Gasteiger partial charge in [-0.05, 0) is 68.3 Å². The van der Waals surface area contributed by atoms with Crippen LogP contribution in [0.4, 0.5) is 0 Å². The Balaban J connectivity index is 1.68. The molecule has 1 saturated heterocycles. The highest BCUT2D eigenvalue weighted by Gasteiger charge is 2.58. The SMILES string of the molecule is CCCOc1ccc(CN(CCC)C(=O)C2CC23CCNCC3)cc1OC. The maximum absolute atomic E-state index is 13.2. The van der Waals surface area contributed by atoms with Gasteiger partial charge >= 0.3 is 0 Å². The molecule has 1 amide bonds. The maximum atomic E-state index is 13.2. The molecule has 3 rings (SSSR count). The summed E-state index contributed by atoms with van der Waals surface area (Å²) in [6, 6.07) is 6.02. The molecule has 1 aliphatic carbocycles. The second-order valence-corrected chi connectivity index (χ2v) is 7.96. The zero-order valence-electron chi connectivity index (χ0n) is 17.1. The summed E-state index contributed by atoms with van der Waals surface area (Å²) in [5.41, 5.74) is 1.38. The van der Waals surface area contributed by atoms with Crippen LogP contribution in [0.25, 0.3) is 0 Å². The Hall–Kier alpha value is -1.75. The number of piperidine rings is 1. The molecule has 5 heteroatoms. The lowest BCUT2D eigenvalue weighted by Crippen LogP contribution is -2.36. The lowest BCUT2D eigenvalue weighted by atomic mass is 9.91. The Morgan fingerprint density at radius 2 is 2.00 bits per heavy atom. The summed E-state index contributed by atoms with van der Waals surface area (Å²) in [4.78, 5) is 15.2. The smallest absolute Gasteiger partial charge is 0.226 e. The van der Waals surface area contributed by atoms with E-state index in [9.17, 15) is 4.79 Å². The van der Waals surface area contributed by atoms with E-state index >= 15 is 0 Å². The van der Waals surface area contributed by atoms with Crippen LogP contribution in [0.15, 0.2) is 18.2 Å². The van der Waals surface area contributed by atoms with Crippen LogP contribution in [-0.4, -0.2) is 44.2 Å². The zero-order chi connectivity index (χ0) is 19.3. The van der Waals surface area contributed by atoms with Crippen LogP contribution in [0.1, 0.15) is 51.5 Å². The third-order valence-electron chi connectivity index (χ3n) is 5.96. The summed E-state index contributed by atoms with van der Waals surface area (Å²) in [6.07, 6.45) is 5.28. The molecule has 1 N–H and O–H groups in total. The molecule has 0 aromatic heterocycles. The number of carbonyl (C=O) groups is 1. The van der Waals surface area contributed by atoms with Crippen molar-refractivity contribution in [1.82, 2.24) is 10.2 Å². The zero-order valence-corrected chi connectivity index (χ0v) is 17.1. The van der Waals surface area contributed by atoms with Crippen LogP contribution in [0.2, 0.25) is 0 Å². The number of benzene rings is 1. The summed E-state index contributed by atoms with van der Waals surface area (Å²) in [5, 5.41) is 3.42. The van der Waals surface area contributed by atoms with Crippen LogP contribution in [0.5, 0.6) is 11.5 Å². The predicted octanol–water partition coefficient (Wildman–Crippen LogP) is 3.61. The van der Waals surface area contributed by atoms with E-state index in [2.05, 4.69) is 25.2 Å². The van der Waals surface area contributed by atoms with Crippen molar-refractivity contribution in [3.8, 4) is 11.5 Å². The molecular weight excluding hydrogens is 340 g/mol. The van der Waals surface area contributed by atoms with Gasteiger partial charge in [0.05, 0.1) is 13.7 Å². The number of rotatable bonds is 9. The van der Waals surface area contributed by atoms with Crippen LogP contribution in [-0.2, 0) is 11.3 Å². The van der Waals surface area contributed by atoms with Crippen molar-refractivity contribution in [2.75, 3.05) is 33.4 Å². The van der Waals surface area contributed by atoms with Gasteiger partial charge in [0.2, 0.25) is 5.91 Å². The van der Waals surface area contributed by atoms with Gasteiger partial charge < -0.3 is 19.7 Å². The molecule has 1 unspecified atom stereocenters. The summed E-state index contributed by atoms with van der Waals surface area (Å²) < 4.78 is 11.2. The number of nitrogens with zero attached hydrogens (tertiary/aromatic N) is 1. The summed E-state index contributed by atoms with van der Waals surface area (Å²) in [7, 11) is 1.66. The molecule has 1 aliphatic heterocycles. The molecule has 1 spiro atoms. The summed E-state index contributed by atoms with van der Waals surface area (Å²) in [6.45, 7) is 8.44. The first-order chi connectivity index (χ1) is 13.1. The van der Waals surface area contributed by atoms with Crippen molar-refractivity contribution in [3.05, 3.63) is 23.8 Å². The number of nitrogens with one attached hydrogen (secondary N) is 1. The average molecular weight is 375 g/mol. The number of ether oxygens (including phenoxy) is 2. The van der Waals surface area contributed by atoms with Gasteiger partial charge in [0.15, 0.2) is 11.5 Å². The van der Waals surface area contributed by atoms with Crippen molar-refractivity contribution in [2.24, 2.45) is 11.3 Å². The maximum Gasteiger partial charge on any atom is 0.226 e. The van der Waals surface area contributed by atoms with E-state index in [0.717, 1.165) is 68.8 Å². The van der Waals surface area contributed by atoms with Crippen molar-refractivity contribution in [3.63, 3.8) is 0 Å². The number of methoxy groups -OCH3 is 1. The van der Waals surface area contributed by atoms with E-state index in [0.29, 0.717) is 19.1 Å². The second kappa shape index (κ2) is 8.96. The standard InChI is InChI=1S/C22H34N2O3/c1-4-12-24(21(25)18-15-22(18)8-10-23-11-9-22)16-17-6-7-19(27-13-5-2)20(14-17)26-3/h6-7,14,18,23H,4-5,8-13,15-16H2,1-3H3. The minimum absolute atomic E-state index is 0.222. The first-order valence-corrected chi connectivity index (χ1v) is 10.4. The Morgan fingerprint density at radius 1 is 1.22 bits per heavy atom. The van der Waals surface area contributed by atoms with Crippen LogP contribution in [0, 0.1) is 11.3 Å². The van der Waals surface area contributed by atoms with Gasteiger partial charge in [-0.1, -0.05) is 19.9 Å². The van der Waals surface area contributed by atoms with E-state index in [1.54, 1.807) is 7.11 Å². The molecule has 5 nitrogen and oxygen atoms in total. The summed E-state index contributed by atoms with van der Waals surface area (Å²) in [5.74, 6) is 2.07. The predicted molar refractivity (Wildman–Crippen MR) is 107 cm³/mol. The minimum Gasteiger partial charge on any atom is -0.493 e. The molecule has 1 saturated carbocycles. The average Bonchev–Trinajstić information content (AvgIpc) is 3.39. The van der Waals surface area contributed by atoms with Crippen LogP contribution in [0.3, 0.4) is 0 Å². The summed E-state index contributed by atoms with van der Waals surface area (Å²) >= 11 is 0. The number of hydrogen-bond acceptors (Lipinski definition) is 4. The number of carbonyl (C=O) groups excluding carboxylic acids is 1. The van der Waals surface area contributed by atoms with Crippen molar-refractivity contribution in [1.29, 1.82) is 0 Å². The first-order valence-electron chi connectivity index (χ1n) is 10.4. The highest BCUT2D eigenvalue weighted by Crippen LogP contribution is 2.59.